The van der Waals surface area contributed by atoms with Gasteiger partial charge in [0.15, 0.2) is 0 Å². The second-order valence-electron chi connectivity index (χ2n) is 2.14. The molecule has 1 atom stereocenters. The molecule has 2 aliphatic carbocycles. The van der Waals surface area contributed by atoms with Crippen molar-refractivity contribution in [1.29, 1.82) is 0 Å². The predicted molar refractivity (Wildman–Crippen MR) is 44.2 cm³/mol. The number of rotatable bonds is 0. The Morgan fingerprint density at radius 1 is 1.30 bits per heavy atom. The lowest BCUT2D eigenvalue weighted by Crippen LogP contribution is -2.04. The monoisotopic (exact) mass is 175 g/mol. The topological polar surface area (TPSA) is 35.0 Å². The molecule has 2 aliphatic rings. The Morgan fingerprint density at radius 3 is 2.30 bits per heavy atom. The maximum atomic E-state index is 5.85. The van der Waals surface area contributed by atoms with Gasteiger partial charge in [-0.1, -0.05) is 23.7 Å². The molecule has 3 rings (SSSR count). The van der Waals surface area contributed by atoms with Gasteiger partial charge in [-0.15, -0.1) is 11.6 Å². The first kappa shape index (κ1) is 7.86. The first-order valence-electron chi connectivity index (χ1n) is 2.72. The maximum absolute atomic E-state index is 5.85. The second kappa shape index (κ2) is 2.42. The molecule has 0 amide bonds. The lowest BCUT2D eigenvalue weighted by atomic mass is 9.93. The molecule has 0 fully saturated rings. The minimum absolute atomic E-state index is 0. The van der Waals surface area contributed by atoms with Crippen molar-refractivity contribution < 1.29 is 0 Å². The Hall–Kier alpha value is -0.240. The van der Waals surface area contributed by atoms with Gasteiger partial charge in [0.2, 0.25) is 0 Å². The summed E-state index contributed by atoms with van der Waals surface area (Å²) in [6.45, 7) is 0. The standard InChI is InChI=1S/C7H4Cl2.H3N/c8-6-2-1-4-3-5(6)7(4)9;/h1-3,7H;1H3. The van der Waals surface area contributed by atoms with Gasteiger partial charge in [-0.3, -0.25) is 0 Å². The third-order valence-corrected chi connectivity index (χ3v) is 2.42. The van der Waals surface area contributed by atoms with Crippen molar-refractivity contribution in [2.75, 3.05) is 0 Å². The van der Waals surface area contributed by atoms with Crippen LogP contribution in [0.15, 0.2) is 18.2 Å². The fourth-order valence-electron chi connectivity index (χ4n) is 0.997. The Balaban J connectivity index is 0.000000500. The van der Waals surface area contributed by atoms with Crippen LogP contribution in [0.25, 0.3) is 0 Å². The van der Waals surface area contributed by atoms with E-state index in [0.717, 1.165) is 10.6 Å². The molecule has 0 saturated carbocycles. The minimum atomic E-state index is 0. The predicted octanol–water partition coefficient (Wildman–Crippen LogP) is 3.14. The Kier molecular flexibility index (Phi) is 1.90. The zero-order valence-corrected chi connectivity index (χ0v) is 6.78. The molecule has 0 aromatic heterocycles. The summed E-state index contributed by atoms with van der Waals surface area (Å²) in [7, 11) is 0. The third kappa shape index (κ3) is 0.823. The van der Waals surface area contributed by atoms with E-state index in [1.807, 2.05) is 18.2 Å². The zero-order valence-electron chi connectivity index (χ0n) is 5.27. The van der Waals surface area contributed by atoms with Crippen LogP contribution in [0.4, 0.5) is 0 Å². The van der Waals surface area contributed by atoms with Crippen molar-refractivity contribution in [3.05, 3.63) is 34.3 Å². The fourth-order valence-corrected chi connectivity index (χ4v) is 1.60. The van der Waals surface area contributed by atoms with Crippen LogP contribution in [-0.4, -0.2) is 0 Å². The minimum Gasteiger partial charge on any atom is -0.344 e. The van der Waals surface area contributed by atoms with Crippen LogP contribution in [0.3, 0.4) is 0 Å². The number of fused-ring (bicyclic) bond motifs is 2. The van der Waals surface area contributed by atoms with Crippen LogP contribution < -0.4 is 6.15 Å². The van der Waals surface area contributed by atoms with Gasteiger partial charge in [-0.05, 0) is 17.2 Å². The lowest BCUT2D eigenvalue weighted by molar-refractivity contribution is 1.04. The molecule has 0 radical (unpaired) electrons. The molecule has 1 nitrogen and oxygen atoms in total. The maximum Gasteiger partial charge on any atom is 0.0850 e. The van der Waals surface area contributed by atoms with Gasteiger partial charge in [0.05, 0.1) is 5.38 Å². The van der Waals surface area contributed by atoms with Crippen LogP contribution in [0.2, 0.25) is 5.02 Å². The zero-order chi connectivity index (χ0) is 6.43. The molecule has 10 heavy (non-hydrogen) atoms. The van der Waals surface area contributed by atoms with Crippen molar-refractivity contribution in [1.82, 2.24) is 6.15 Å². The molecule has 0 spiro atoms. The van der Waals surface area contributed by atoms with E-state index in [9.17, 15) is 0 Å². The summed E-state index contributed by atoms with van der Waals surface area (Å²) in [4.78, 5) is 0. The van der Waals surface area contributed by atoms with E-state index in [1.165, 1.54) is 5.56 Å². The SMILES string of the molecule is Clc1ccc2cc1C2Cl.N. The van der Waals surface area contributed by atoms with Gasteiger partial charge in [-0.25, -0.2) is 0 Å². The van der Waals surface area contributed by atoms with E-state index < -0.39 is 0 Å². The van der Waals surface area contributed by atoms with Crippen molar-refractivity contribution in [2.45, 2.75) is 5.38 Å². The molecule has 1 aromatic carbocycles. The molecule has 3 N–H and O–H groups in total. The van der Waals surface area contributed by atoms with E-state index in [2.05, 4.69) is 0 Å². The molecule has 0 heterocycles. The van der Waals surface area contributed by atoms with E-state index in [-0.39, 0.29) is 11.5 Å². The summed E-state index contributed by atoms with van der Waals surface area (Å²) in [6, 6.07) is 5.85. The van der Waals surface area contributed by atoms with Gasteiger partial charge < -0.3 is 6.15 Å². The summed E-state index contributed by atoms with van der Waals surface area (Å²) >= 11 is 11.6. The van der Waals surface area contributed by atoms with E-state index in [0.29, 0.717) is 0 Å². The second-order valence-corrected chi connectivity index (χ2v) is 2.99. The number of alkyl halides is 1. The van der Waals surface area contributed by atoms with Crippen LogP contribution in [0, 0.1) is 0 Å². The highest BCUT2D eigenvalue weighted by Crippen LogP contribution is 2.42. The molecular formula is C7H7Cl2N. The molecule has 1 unspecified atom stereocenters. The molecule has 2 bridgehead atoms. The van der Waals surface area contributed by atoms with Gasteiger partial charge >= 0.3 is 0 Å². The average Bonchev–Trinajstić information content (AvgIpc) is 1.86. The normalized spacial score (nSPS) is 19.2. The Bertz CT molecular complexity index is 256. The van der Waals surface area contributed by atoms with Crippen LogP contribution in [0.5, 0.6) is 0 Å². The van der Waals surface area contributed by atoms with Crippen LogP contribution >= 0.6 is 23.2 Å². The van der Waals surface area contributed by atoms with Crippen molar-refractivity contribution >= 4 is 23.2 Å². The summed E-state index contributed by atoms with van der Waals surface area (Å²) in [5.74, 6) is 0. The summed E-state index contributed by atoms with van der Waals surface area (Å²) in [6.07, 6.45) is 0. The highest BCUT2D eigenvalue weighted by Gasteiger charge is 2.23. The molecule has 54 valence electrons. The van der Waals surface area contributed by atoms with Crippen molar-refractivity contribution in [3.8, 4) is 0 Å². The number of hydrogen-bond acceptors (Lipinski definition) is 1. The lowest BCUT2D eigenvalue weighted by Gasteiger charge is -2.22. The van der Waals surface area contributed by atoms with E-state index in [1.54, 1.807) is 0 Å². The highest BCUT2D eigenvalue weighted by molar-refractivity contribution is 6.34. The van der Waals surface area contributed by atoms with Gasteiger partial charge in [0, 0.05) is 5.02 Å². The average molecular weight is 176 g/mol. The highest BCUT2D eigenvalue weighted by atomic mass is 35.5. The smallest absolute Gasteiger partial charge is 0.0850 e. The Labute approximate surface area is 69.5 Å². The molecule has 0 aliphatic heterocycles. The van der Waals surface area contributed by atoms with Gasteiger partial charge in [0.1, 0.15) is 0 Å². The Morgan fingerprint density at radius 2 is 2.00 bits per heavy atom. The van der Waals surface area contributed by atoms with E-state index >= 15 is 0 Å². The quantitative estimate of drug-likeness (QED) is 0.605. The van der Waals surface area contributed by atoms with Gasteiger partial charge in [0.25, 0.3) is 0 Å². The van der Waals surface area contributed by atoms with Crippen molar-refractivity contribution in [3.63, 3.8) is 0 Å². The number of halogens is 2. The van der Waals surface area contributed by atoms with Crippen LogP contribution in [-0.2, 0) is 0 Å². The summed E-state index contributed by atoms with van der Waals surface area (Å²) in [5.41, 5.74) is 2.24. The van der Waals surface area contributed by atoms with Gasteiger partial charge in [-0.2, -0.15) is 0 Å². The first-order valence-corrected chi connectivity index (χ1v) is 3.54. The summed E-state index contributed by atoms with van der Waals surface area (Å²) < 4.78 is 0. The number of hydrogen-bond donors (Lipinski definition) is 1. The summed E-state index contributed by atoms with van der Waals surface area (Å²) in [5, 5.41) is 0.854. The van der Waals surface area contributed by atoms with Crippen LogP contribution in [0.1, 0.15) is 16.5 Å². The fraction of sp³-hybridized carbons (Fsp3) is 0.143. The largest absolute Gasteiger partial charge is 0.344 e. The van der Waals surface area contributed by atoms with Crippen molar-refractivity contribution in [2.24, 2.45) is 0 Å². The molecule has 1 aromatic rings. The van der Waals surface area contributed by atoms with E-state index in [4.69, 9.17) is 23.2 Å². The first-order chi connectivity index (χ1) is 4.29. The number of benzene rings is 1. The molecule has 3 heteroatoms. The molecule has 0 saturated heterocycles. The molecular weight excluding hydrogens is 169 g/mol. The third-order valence-electron chi connectivity index (χ3n) is 1.59.